The zero-order valence-electron chi connectivity index (χ0n) is 19.2. The largest absolute Gasteiger partial charge is 0.458 e. The van der Waals surface area contributed by atoms with Gasteiger partial charge < -0.3 is 14.8 Å². The summed E-state index contributed by atoms with van der Waals surface area (Å²) < 4.78 is 11.0. The molecule has 1 N–H and O–H groups in total. The highest BCUT2D eigenvalue weighted by Crippen LogP contribution is 2.36. The second kappa shape index (κ2) is 11.3. The van der Waals surface area contributed by atoms with Gasteiger partial charge in [0.15, 0.2) is 6.61 Å². The second-order valence-electron chi connectivity index (χ2n) is 8.92. The summed E-state index contributed by atoms with van der Waals surface area (Å²) in [6.07, 6.45) is 2.76. The summed E-state index contributed by atoms with van der Waals surface area (Å²) in [6.45, 7) is 5.93. The number of carbonyl (C=O) groups is 3. The van der Waals surface area contributed by atoms with Gasteiger partial charge in [0.1, 0.15) is 6.10 Å². The summed E-state index contributed by atoms with van der Waals surface area (Å²) in [5, 5.41) is 2.97. The third-order valence-corrected chi connectivity index (χ3v) is 6.40. The Morgan fingerprint density at radius 1 is 1.00 bits per heavy atom. The summed E-state index contributed by atoms with van der Waals surface area (Å²) in [5.41, 5.74) is 0.623. The molecule has 2 aromatic carbocycles. The van der Waals surface area contributed by atoms with Crippen LogP contribution in [0.2, 0.25) is 5.02 Å². The molecule has 0 heterocycles. The van der Waals surface area contributed by atoms with Crippen LogP contribution >= 0.6 is 11.6 Å². The molecule has 3 rings (SSSR count). The van der Waals surface area contributed by atoms with Crippen LogP contribution in [-0.4, -0.2) is 30.6 Å². The minimum Gasteiger partial charge on any atom is -0.458 e. The van der Waals surface area contributed by atoms with Crippen LogP contribution in [0.25, 0.3) is 0 Å². The van der Waals surface area contributed by atoms with Gasteiger partial charge in [0.05, 0.1) is 21.8 Å². The van der Waals surface area contributed by atoms with Crippen molar-refractivity contribution in [2.24, 2.45) is 17.8 Å². The van der Waals surface area contributed by atoms with Gasteiger partial charge in [-0.15, -0.1) is 0 Å². The standard InChI is InChI=1S/C26H30ClNO5/c1-16(2)18-13-12-17(3)14-23(18)33-26(31)20-9-5-4-8-19(20)25(30)32-15-24(29)28-22-11-7-6-10-21(22)27/h4-11,16-18,23H,12-15H2,1-3H3,(H,28,29)/t17-,18-,23+/m1/s1. The van der Waals surface area contributed by atoms with E-state index in [0.717, 1.165) is 19.3 Å². The summed E-state index contributed by atoms with van der Waals surface area (Å²) in [4.78, 5) is 37.9. The van der Waals surface area contributed by atoms with Crippen LogP contribution in [-0.2, 0) is 14.3 Å². The molecule has 7 heteroatoms. The van der Waals surface area contributed by atoms with Crippen molar-refractivity contribution in [3.05, 3.63) is 64.7 Å². The lowest BCUT2D eigenvalue weighted by Gasteiger charge is -2.36. The molecule has 1 fully saturated rings. The molecule has 176 valence electrons. The van der Waals surface area contributed by atoms with E-state index in [2.05, 4.69) is 26.1 Å². The molecule has 1 aliphatic rings. The number of carbonyl (C=O) groups excluding carboxylic acids is 3. The van der Waals surface area contributed by atoms with E-state index in [0.29, 0.717) is 22.5 Å². The maximum atomic E-state index is 13.0. The third kappa shape index (κ3) is 6.57. The topological polar surface area (TPSA) is 81.7 Å². The Morgan fingerprint density at radius 2 is 1.64 bits per heavy atom. The summed E-state index contributed by atoms with van der Waals surface area (Å²) in [7, 11) is 0. The molecule has 0 saturated heterocycles. The molecule has 2 aromatic rings. The molecular formula is C26H30ClNO5. The number of para-hydroxylation sites is 1. The van der Waals surface area contributed by atoms with Gasteiger partial charge in [0, 0.05) is 0 Å². The van der Waals surface area contributed by atoms with E-state index in [1.807, 2.05) is 0 Å². The van der Waals surface area contributed by atoms with Gasteiger partial charge in [-0.05, 0) is 54.9 Å². The molecule has 0 spiro atoms. The van der Waals surface area contributed by atoms with Crippen molar-refractivity contribution < 1.29 is 23.9 Å². The Kier molecular flexibility index (Phi) is 8.50. The Labute approximate surface area is 199 Å². The fourth-order valence-corrected chi connectivity index (χ4v) is 4.43. The van der Waals surface area contributed by atoms with Crippen LogP contribution in [0.15, 0.2) is 48.5 Å². The van der Waals surface area contributed by atoms with Crippen molar-refractivity contribution in [3.8, 4) is 0 Å². The van der Waals surface area contributed by atoms with Crippen molar-refractivity contribution in [2.75, 3.05) is 11.9 Å². The number of benzene rings is 2. The minimum atomic E-state index is -0.769. The van der Waals surface area contributed by atoms with E-state index in [1.54, 1.807) is 42.5 Å². The first-order valence-corrected chi connectivity index (χ1v) is 11.7. The van der Waals surface area contributed by atoms with E-state index >= 15 is 0 Å². The van der Waals surface area contributed by atoms with Gasteiger partial charge in [0.2, 0.25) is 0 Å². The van der Waals surface area contributed by atoms with Crippen LogP contribution in [0.3, 0.4) is 0 Å². The molecule has 1 aliphatic carbocycles. The number of amides is 1. The SMILES string of the molecule is CC(C)[C@H]1CC[C@@H](C)C[C@@H]1OC(=O)c1ccccc1C(=O)OCC(=O)Nc1ccccc1Cl. The molecule has 0 unspecified atom stereocenters. The number of ether oxygens (including phenoxy) is 2. The summed E-state index contributed by atoms with van der Waals surface area (Å²) in [5.74, 6) is -0.686. The predicted molar refractivity (Wildman–Crippen MR) is 127 cm³/mol. The van der Waals surface area contributed by atoms with Gasteiger partial charge in [-0.1, -0.05) is 63.1 Å². The molecule has 0 bridgehead atoms. The van der Waals surface area contributed by atoms with E-state index in [4.69, 9.17) is 21.1 Å². The van der Waals surface area contributed by atoms with Gasteiger partial charge in [0.25, 0.3) is 5.91 Å². The highest BCUT2D eigenvalue weighted by Gasteiger charge is 2.34. The maximum absolute atomic E-state index is 13.0. The van der Waals surface area contributed by atoms with Gasteiger partial charge in [-0.2, -0.15) is 0 Å². The van der Waals surface area contributed by atoms with E-state index in [9.17, 15) is 14.4 Å². The van der Waals surface area contributed by atoms with E-state index in [1.165, 1.54) is 6.07 Å². The fraction of sp³-hybridized carbons (Fsp3) is 0.423. The Morgan fingerprint density at radius 3 is 2.30 bits per heavy atom. The zero-order valence-corrected chi connectivity index (χ0v) is 19.9. The van der Waals surface area contributed by atoms with Crippen LogP contribution in [0.5, 0.6) is 0 Å². The Balaban J connectivity index is 1.65. The first-order chi connectivity index (χ1) is 15.8. The first kappa shape index (κ1) is 24.8. The molecule has 1 saturated carbocycles. The molecule has 6 nitrogen and oxygen atoms in total. The van der Waals surface area contributed by atoms with E-state index in [-0.39, 0.29) is 23.1 Å². The van der Waals surface area contributed by atoms with Crippen molar-refractivity contribution in [3.63, 3.8) is 0 Å². The lowest BCUT2D eigenvalue weighted by Crippen LogP contribution is -2.36. The third-order valence-electron chi connectivity index (χ3n) is 6.07. The van der Waals surface area contributed by atoms with Crippen LogP contribution < -0.4 is 5.32 Å². The lowest BCUT2D eigenvalue weighted by atomic mass is 9.75. The predicted octanol–water partition coefficient (Wildman–Crippen LogP) is 5.75. The molecule has 0 aliphatic heterocycles. The lowest BCUT2D eigenvalue weighted by molar-refractivity contribution is -0.119. The Bertz CT molecular complexity index is 1010. The number of hydrogen-bond acceptors (Lipinski definition) is 5. The summed E-state index contributed by atoms with van der Waals surface area (Å²) in [6, 6.07) is 13.1. The number of hydrogen-bond donors (Lipinski definition) is 1. The molecular weight excluding hydrogens is 442 g/mol. The van der Waals surface area contributed by atoms with Gasteiger partial charge in [-0.25, -0.2) is 9.59 Å². The van der Waals surface area contributed by atoms with Crippen molar-refractivity contribution in [1.82, 2.24) is 0 Å². The minimum absolute atomic E-state index is 0.0676. The highest BCUT2D eigenvalue weighted by molar-refractivity contribution is 6.33. The normalized spacial score (nSPS) is 20.2. The number of rotatable bonds is 7. The Hall–Kier alpha value is -2.86. The number of halogens is 1. The van der Waals surface area contributed by atoms with Crippen molar-refractivity contribution in [1.29, 1.82) is 0 Å². The van der Waals surface area contributed by atoms with Crippen molar-refractivity contribution in [2.45, 2.75) is 46.1 Å². The number of nitrogens with one attached hydrogen (secondary N) is 1. The van der Waals surface area contributed by atoms with Gasteiger partial charge >= 0.3 is 11.9 Å². The smallest absolute Gasteiger partial charge is 0.339 e. The number of anilines is 1. The molecule has 0 aromatic heterocycles. The quantitative estimate of drug-likeness (QED) is 0.519. The molecule has 3 atom stereocenters. The molecule has 33 heavy (non-hydrogen) atoms. The van der Waals surface area contributed by atoms with Crippen LogP contribution in [0.1, 0.15) is 60.7 Å². The second-order valence-corrected chi connectivity index (χ2v) is 9.33. The van der Waals surface area contributed by atoms with Gasteiger partial charge in [-0.3, -0.25) is 4.79 Å². The first-order valence-electron chi connectivity index (χ1n) is 11.3. The van der Waals surface area contributed by atoms with E-state index < -0.39 is 24.5 Å². The molecule has 1 amide bonds. The maximum Gasteiger partial charge on any atom is 0.339 e. The average molecular weight is 472 g/mol. The fourth-order valence-electron chi connectivity index (χ4n) is 4.25. The molecule has 0 radical (unpaired) electrons. The summed E-state index contributed by atoms with van der Waals surface area (Å²) >= 11 is 6.03. The van der Waals surface area contributed by atoms with Crippen LogP contribution in [0, 0.1) is 17.8 Å². The van der Waals surface area contributed by atoms with Crippen LogP contribution in [0.4, 0.5) is 5.69 Å². The zero-order chi connectivity index (χ0) is 24.0. The number of esters is 2. The average Bonchev–Trinajstić information content (AvgIpc) is 2.79. The monoisotopic (exact) mass is 471 g/mol. The highest BCUT2D eigenvalue weighted by atomic mass is 35.5. The van der Waals surface area contributed by atoms with Crippen molar-refractivity contribution >= 4 is 35.1 Å².